The third kappa shape index (κ3) is 4.87. The van der Waals surface area contributed by atoms with Crippen molar-refractivity contribution in [3.63, 3.8) is 0 Å². The van der Waals surface area contributed by atoms with Crippen molar-refractivity contribution in [1.82, 2.24) is 5.32 Å². The van der Waals surface area contributed by atoms with Gasteiger partial charge in [0.15, 0.2) is 0 Å². The Bertz CT molecular complexity index is 601. The molecule has 0 aliphatic heterocycles. The van der Waals surface area contributed by atoms with Gasteiger partial charge in [-0.05, 0) is 59.3 Å². The molecule has 0 saturated carbocycles. The van der Waals surface area contributed by atoms with Crippen molar-refractivity contribution in [3.05, 3.63) is 56.6 Å². The van der Waals surface area contributed by atoms with Crippen LogP contribution in [0.4, 0.5) is 0 Å². The Morgan fingerprint density at radius 3 is 2.52 bits per heavy atom. The molecule has 0 atom stereocenters. The van der Waals surface area contributed by atoms with Crippen molar-refractivity contribution in [2.45, 2.75) is 20.4 Å². The fourth-order valence-electron chi connectivity index (χ4n) is 1.94. The summed E-state index contributed by atoms with van der Waals surface area (Å²) in [6.45, 7) is 6.02. The van der Waals surface area contributed by atoms with Crippen LogP contribution in [-0.4, -0.2) is 6.54 Å². The second-order valence-corrected chi connectivity index (χ2v) is 6.84. The summed E-state index contributed by atoms with van der Waals surface area (Å²) in [5, 5.41) is 4.15. The van der Waals surface area contributed by atoms with Crippen LogP contribution < -0.4 is 10.1 Å². The van der Waals surface area contributed by atoms with Crippen molar-refractivity contribution in [1.29, 1.82) is 0 Å². The van der Waals surface area contributed by atoms with Gasteiger partial charge < -0.3 is 10.1 Å². The molecule has 0 unspecified atom stereocenters. The maximum atomic E-state index is 6.33. The van der Waals surface area contributed by atoms with Crippen LogP contribution in [-0.2, 0) is 6.54 Å². The molecule has 2 nitrogen and oxygen atoms in total. The number of para-hydroxylation sites is 1. The van der Waals surface area contributed by atoms with E-state index >= 15 is 0 Å². The SMILES string of the molecule is CC(C)CNCc1c(Cl)cccc1Oc1ccccc1I. The molecular formula is C17H19ClINO. The minimum Gasteiger partial charge on any atom is -0.456 e. The van der Waals surface area contributed by atoms with E-state index in [1.165, 1.54) is 0 Å². The van der Waals surface area contributed by atoms with Crippen molar-refractivity contribution < 1.29 is 4.74 Å². The lowest BCUT2D eigenvalue weighted by Gasteiger charge is -2.15. The molecule has 4 heteroatoms. The molecular weight excluding hydrogens is 397 g/mol. The minimum atomic E-state index is 0.604. The highest BCUT2D eigenvalue weighted by molar-refractivity contribution is 14.1. The van der Waals surface area contributed by atoms with Crippen LogP contribution >= 0.6 is 34.2 Å². The summed E-state index contributed by atoms with van der Waals surface area (Å²) in [5.74, 6) is 2.26. The summed E-state index contributed by atoms with van der Waals surface area (Å²) in [6, 6.07) is 13.7. The van der Waals surface area contributed by atoms with Gasteiger partial charge in [-0.3, -0.25) is 0 Å². The second kappa shape index (κ2) is 8.01. The largest absolute Gasteiger partial charge is 0.456 e. The zero-order valence-electron chi connectivity index (χ0n) is 12.2. The van der Waals surface area contributed by atoms with Crippen molar-refractivity contribution in [2.75, 3.05) is 6.54 Å². The van der Waals surface area contributed by atoms with Gasteiger partial charge in [0.2, 0.25) is 0 Å². The fraction of sp³-hybridized carbons (Fsp3) is 0.294. The molecule has 1 N–H and O–H groups in total. The van der Waals surface area contributed by atoms with E-state index in [2.05, 4.69) is 41.8 Å². The highest BCUT2D eigenvalue weighted by Crippen LogP contribution is 2.32. The highest BCUT2D eigenvalue weighted by Gasteiger charge is 2.10. The van der Waals surface area contributed by atoms with E-state index in [4.69, 9.17) is 16.3 Å². The third-order valence-electron chi connectivity index (χ3n) is 2.99. The topological polar surface area (TPSA) is 21.3 Å². The number of halogens is 2. The van der Waals surface area contributed by atoms with Crippen molar-refractivity contribution in [2.24, 2.45) is 5.92 Å². The second-order valence-electron chi connectivity index (χ2n) is 5.27. The molecule has 0 aliphatic carbocycles. The third-order valence-corrected chi connectivity index (χ3v) is 4.23. The number of nitrogens with one attached hydrogen (secondary N) is 1. The Kier molecular flexibility index (Phi) is 6.33. The first-order valence-corrected chi connectivity index (χ1v) is 8.44. The van der Waals surface area contributed by atoms with E-state index in [9.17, 15) is 0 Å². The van der Waals surface area contributed by atoms with Crippen LogP contribution in [0.1, 0.15) is 19.4 Å². The fourth-order valence-corrected chi connectivity index (χ4v) is 2.67. The van der Waals surface area contributed by atoms with Gasteiger partial charge in [0.1, 0.15) is 11.5 Å². The Morgan fingerprint density at radius 2 is 1.81 bits per heavy atom. The smallest absolute Gasteiger partial charge is 0.140 e. The predicted octanol–water partition coefficient (Wildman–Crippen LogP) is 5.48. The van der Waals surface area contributed by atoms with Gasteiger partial charge in [-0.1, -0.05) is 43.6 Å². The molecule has 2 aromatic carbocycles. The van der Waals surface area contributed by atoms with Gasteiger partial charge in [0.25, 0.3) is 0 Å². The van der Waals surface area contributed by atoms with E-state index < -0.39 is 0 Å². The molecule has 2 rings (SSSR count). The highest BCUT2D eigenvalue weighted by atomic mass is 127. The molecule has 21 heavy (non-hydrogen) atoms. The van der Waals surface area contributed by atoms with Crippen LogP contribution in [0.3, 0.4) is 0 Å². The zero-order valence-corrected chi connectivity index (χ0v) is 15.1. The Morgan fingerprint density at radius 1 is 1.10 bits per heavy atom. The van der Waals surface area contributed by atoms with Crippen LogP contribution in [0.25, 0.3) is 0 Å². The number of hydrogen-bond donors (Lipinski definition) is 1. The van der Waals surface area contributed by atoms with Crippen molar-refractivity contribution in [3.8, 4) is 11.5 Å². The van der Waals surface area contributed by atoms with Gasteiger partial charge in [0.05, 0.1) is 3.57 Å². The average Bonchev–Trinajstić information content (AvgIpc) is 2.44. The summed E-state index contributed by atoms with van der Waals surface area (Å²) in [4.78, 5) is 0. The zero-order chi connectivity index (χ0) is 15.2. The summed E-state index contributed by atoms with van der Waals surface area (Å²) in [6.07, 6.45) is 0. The lowest BCUT2D eigenvalue weighted by Crippen LogP contribution is -2.19. The van der Waals surface area contributed by atoms with E-state index in [-0.39, 0.29) is 0 Å². The van der Waals surface area contributed by atoms with Crippen LogP contribution in [0.5, 0.6) is 11.5 Å². The maximum absolute atomic E-state index is 6.33. The van der Waals surface area contributed by atoms with Crippen LogP contribution in [0.2, 0.25) is 5.02 Å². The lowest BCUT2D eigenvalue weighted by atomic mass is 10.1. The Balaban J connectivity index is 2.19. The van der Waals surface area contributed by atoms with Gasteiger partial charge in [-0.25, -0.2) is 0 Å². The molecule has 0 bridgehead atoms. The summed E-state index contributed by atoms with van der Waals surface area (Å²) < 4.78 is 7.13. The van der Waals surface area contributed by atoms with Crippen molar-refractivity contribution >= 4 is 34.2 Å². The first-order chi connectivity index (χ1) is 10.1. The van der Waals surface area contributed by atoms with Crippen LogP contribution in [0.15, 0.2) is 42.5 Å². The molecule has 0 radical (unpaired) electrons. The summed E-state index contributed by atoms with van der Waals surface area (Å²) >= 11 is 8.60. The molecule has 0 amide bonds. The Labute approximate surface area is 145 Å². The number of rotatable bonds is 6. The van der Waals surface area contributed by atoms with Gasteiger partial charge in [-0.2, -0.15) is 0 Å². The minimum absolute atomic E-state index is 0.604. The van der Waals surface area contributed by atoms with Gasteiger partial charge >= 0.3 is 0 Å². The summed E-state index contributed by atoms with van der Waals surface area (Å²) in [7, 11) is 0. The number of hydrogen-bond acceptors (Lipinski definition) is 2. The molecule has 0 spiro atoms. The molecule has 0 aliphatic rings. The monoisotopic (exact) mass is 415 g/mol. The average molecular weight is 416 g/mol. The number of ether oxygens (including phenoxy) is 1. The first-order valence-electron chi connectivity index (χ1n) is 6.98. The van der Waals surface area contributed by atoms with E-state index in [1.807, 2.05) is 42.5 Å². The maximum Gasteiger partial charge on any atom is 0.140 e. The quantitative estimate of drug-likeness (QED) is 0.631. The van der Waals surface area contributed by atoms with E-state index in [0.29, 0.717) is 12.5 Å². The van der Waals surface area contributed by atoms with E-state index in [0.717, 1.165) is 32.2 Å². The van der Waals surface area contributed by atoms with Crippen LogP contribution in [0, 0.1) is 9.49 Å². The standard InChI is InChI=1S/C17H19ClINO/c1-12(2)10-20-11-13-14(18)6-5-9-16(13)21-17-8-4-3-7-15(17)19/h3-9,12,20H,10-11H2,1-2H3. The summed E-state index contributed by atoms with van der Waals surface area (Å²) in [5.41, 5.74) is 1.000. The molecule has 0 fully saturated rings. The molecule has 112 valence electrons. The normalized spacial score (nSPS) is 10.9. The molecule has 0 saturated heterocycles. The Hall–Kier alpha value is -0.780. The molecule has 0 heterocycles. The lowest BCUT2D eigenvalue weighted by molar-refractivity contribution is 0.466. The molecule has 2 aromatic rings. The van der Waals surface area contributed by atoms with Gasteiger partial charge in [-0.15, -0.1) is 0 Å². The number of benzene rings is 2. The van der Waals surface area contributed by atoms with Gasteiger partial charge in [0, 0.05) is 17.1 Å². The van der Waals surface area contributed by atoms with E-state index in [1.54, 1.807) is 0 Å². The molecule has 0 aromatic heterocycles. The predicted molar refractivity (Wildman–Crippen MR) is 97.2 cm³/mol. The first kappa shape index (κ1) is 16.6.